The number of anilines is 2. The molecular formula is C18H23N3O2S. The third kappa shape index (κ3) is 6.42. The average molecular weight is 345 g/mol. The topological polar surface area (TPSA) is 70.2 Å². The minimum Gasteiger partial charge on any atom is -0.336 e. The molecule has 2 rings (SSSR count). The number of thiophene rings is 1. The van der Waals surface area contributed by atoms with E-state index in [4.69, 9.17) is 0 Å². The lowest BCUT2D eigenvalue weighted by Gasteiger charge is -2.11. The van der Waals surface area contributed by atoms with Crippen molar-refractivity contribution in [3.8, 4) is 0 Å². The van der Waals surface area contributed by atoms with E-state index in [0.717, 1.165) is 18.5 Å². The Morgan fingerprint density at radius 1 is 1.04 bits per heavy atom. The van der Waals surface area contributed by atoms with Gasteiger partial charge in [-0.25, -0.2) is 4.79 Å². The zero-order valence-corrected chi connectivity index (χ0v) is 14.8. The van der Waals surface area contributed by atoms with Gasteiger partial charge in [-0.15, -0.1) is 11.3 Å². The van der Waals surface area contributed by atoms with Crippen LogP contribution in [0.25, 0.3) is 0 Å². The Morgan fingerprint density at radius 3 is 2.29 bits per heavy atom. The SMILES string of the molecule is CC(C)NC(=O)Nc1ccc(NC(=O)CCCc2cccs2)cc1. The van der Waals surface area contributed by atoms with Crippen LogP contribution in [0.3, 0.4) is 0 Å². The van der Waals surface area contributed by atoms with E-state index in [2.05, 4.69) is 22.0 Å². The number of nitrogens with one attached hydrogen (secondary N) is 3. The maximum absolute atomic E-state index is 11.9. The molecule has 1 aromatic heterocycles. The lowest BCUT2D eigenvalue weighted by atomic mass is 10.2. The van der Waals surface area contributed by atoms with Crippen LogP contribution in [0.4, 0.5) is 16.2 Å². The van der Waals surface area contributed by atoms with E-state index in [0.29, 0.717) is 12.1 Å². The Kier molecular flexibility index (Phi) is 6.81. The molecule has 24 heavy (non-hydrogen) atoms. The molecule has 128 valence electrons. The molecule has 0 fully saturated rings. The van der Waals surface area contributed by atoms with Crippen LogP contribution in [0.5, 0.6) is 0 Å². The summed E-state index contributed by atoms with van der Waals surface area (Å²) in [7, 11) is 0. The van der Waals surface area contributed by atoms with Crippen molar-refractivity contribution in [2.75, 3.05) is 10.6 Å². The van der Waals surface area contributed by atoms with E-state index in [1.807, 2.05) is 25.3 Å². The summed E-state index contributed by atoms with van der Waals surface area (Å²) in [5.41, 5.74) is 1.41. The first-order chi connectivity index (χ1) is 11.5. The highest BCUT2D eigenvalue weighted by molar-refractivity contribution is 7.09. The highest BCUT2D eigenvalue weighted by atomic mass is 32.1. The molecule has 0 saturated heterocycles. The van der Waals surface area contributed by atoms with Crippen LogP contribution in [0, 0.1) is 0 Å². The van der Waals surface area contributed by atoms with Crippen LogP contribution >= 0.6 is 11.3 Å². The van der Waals surface area contributed by atoms with Crippen molar-refractivity contribution < 1.29 is 9.59 Å². The third-order valence-electron chi connectivity index (χ3n) is 3.25. The van der Waals surface area contributed by atoms with Crippen LogP contribution in [-0.2, 0) is 11.2 Å². The van der Waals surface area contributed by atoms with Crippen molar-refractivity contribution >= 4 is 34.6 Å². The second kappa shape index (κ2) is 9.08. The number of benzene rings is 1. The molecule has 0 radical (unpaired) electrons. The van der Waals surface area contributed by atoms with Crippen molar-refractivity contribution in [2.24, 2.45) is 0 Å². The molecule has 2 aromatic rings. The number of rotatable bonds is 7. The molecule has 0 unspecified atom stereocenters. The third-order valence-corrected chi connectivity index (χ3v) is 4.19. The van der Waals surface area contributed by atoms with E-state index in [-0.39, 0.29) is 18.0 Å². The number of carbonyl (C=O) groups excluding carboxylic acids is 2. The first-order valence-corrected chi connectivity index (χ1v) is 8.90. The smallest absolute Gasteiger partial charge is 0.319 e. The van der Waals surface area contributed by atoms with Crippen molar-refractivity contribution in [1.82, 2.24) is 5.32 Å². The number of urea groups is 1. The molecule has 3 N–H and O–H groups in total. The van der Waals surface area contributed by atoms with Crippen LogP contribution in [0.15, 0.2) is 41.8 Å². The highest BCUT2D eigenvalue weighted by Gasteiger charge is 2.05. The predicted molar refractivity (Wildman–Crippen MR) is 99.6 cm³/mol. The Labute approximate surface area is 146 Å². The highest BCUT2D eigenvalue weighted by Crippen LogP contribution is 2.15. The van der Waals surface area contributed by atoms with Gasteiger partial charge in [0.05, 0.1) is 0 Å². The van der Waals surface area contributed by atoms with Crippen LogP contribution in [-0.4, -0.2) is 18.0 Å². The summed E-state index contributed by atoms with van der Waals surface area (Å²) < 4.78 is 0. The number of aryl methyl sites for hydroxylation is 1. The zero-order valence-electron chi connectivity index (χ0n) is 14.0. The molecule has 0 aliphatic carbocycles. The van der Waals surface area contributed by atoms with E-state index >= 15 is 0 Å². The second-order valence-corrected chi connectivity index (χ2v) is 6.84. The summed E-state index contributed by atoms with van der Waals surface area (Å²) in [6.45, 7) is 3.80. The predicted octanol–water partition coefficient (Wildman–Crippen LogP) is 4.24. The largest absolute Gasteiger partial charge is 0.336 e. The molecular weight excluding hydrogens is 322 g/mol. The number of hydrogen-bond acceptors (Lipinski definition) is 3. The van der Waals surface area contributed by atoms with E-state index < -0.39 is 0 Å². The van der Waals surface area contributed by atoms with Crippen LogP contribution in [0.1, 0.15) is 31.6 Å². The average Bonchev–Trinajstić information content (AvgIpc) is 3.01. The molecule has 6 heteroatoms. The van der Waals surface area contributed by atoms with E-state index in [1.54, 1.807) is 35.6 Å². The van der Waals surface area contributed by atoms with Crippen molar-refractivity contribution in [2.45, 2.75) is 39.2 Å². The fraction of sp³-hybridized carbons (Fsp3) is 0.333. The number of hydrogen-bond donors (Lipinski definition) is 3. The van der Waals surface area contributed by atoms with Crippen LogP contribution < -0.4 is 16.0 Å². The van der Waals surface area contributed by atoms with Gasteiger partial charge in [-0.3, -0.25) is 4.79 Å². The summed E-state index contributed by atoms with van der Waals surface area (Å²) in [5, 5.41) is 10.4. The molecule has 1 aromatic carbocycles. The van der Waals surface area contributed by atoms with Crippen molar-refractivity contribution in [3.05, 3.63) is 46.7 Å². The summed E-state index contributed by atoms with van der Waals surface area (Å²) in [5.74, 6) is 0.00446. The molecule has 0 aliphatic heterocycles. The maximum atomic E-state index is 11.9. The molecule has 0 saturated carbocycles. The Morgan fingerprint density at radius 2 is 1.71 bits per heavy atom. The van der Waals surface area contributed by atoms with E-state index in [9.17, 15) is 9.59 Å². The summed E-state index contributed by atoms with van der Waals surface area (Å²) in [6, 6.07) is 11.0. The van der Waals surface area contributed by atoms with Gasteiger partial charge in [0.2, 0.25) is 5.91 Å². The number of amides is 3. The molecule has 0 aliphatic rings. The fourth-order valence-corrected chi connectivity index (χ4v) is 2.92. The van der Waals surface area contributed by atoms with Gasteiger partial charge in [0.1, 0.15) is 0 Å². The molecule has 3 amide bonds. The normalized spacial score (nSPS) is 10.5. The minimum atomic E-state index is -0.240. The molecule has 1 heterocycles. The lowest BCUT2D eigenvalue weighted by molar-refractivity contribution is -0.116. The van der Waals surface area contributed by atoms with Crippen LogP contribution in [0.2, 0.25) is 0 Å². The van der Waals surface area contributed by atoms with E-state index in [1.165, 1.54) is 4.88 Å². The lowest BCUT2D eigenvalue weighted by Crippen LogP contribution is -2.34. The van der Waals surface area contributed by atoms with Gasteiger partial charge in [-0.05, 0) is 62.4 Å². The summed E-state index contributed by atoms with van der Waals surface area (Å²) in [4.78, 5) is 24.9. The maximum Gasteiger partial charge on any atom is 0.319 e. The second-order valence-electron chi connectivity index (χ2n) is 5.81. The first kappa shape index (κ1) is 18.0. The fourth-order valence-electron chi connectivity index (χ4n) is 2.17. The van der Waals surface area contributed by atoms with Gasteiger partial charge in [0.15, 0.2) is 0 Å². The minimum absolute atomic E-state index is 0.00446. The zero-order chi connectivity index (χ0) is 17.4. The quantitative estimate of drug-likeness (QED) is 0.702. The van der Waals surface area contributed by atoms with Gasteiger partial charge in [-0.1, -0.05) is 6.07 Å². The Hall–Kier alpha value is -2.34. The molecule has 0 atom stereocenters. The number of carbonyl (C=O) groups is 2. The Bertz CT molecular complexity index is 651. The van der Waals surface area contributed by atoms with Gasteiger partial charge >= 0.3 is 6.03 Å². The van der Waals surface area contributed by atoms with Crippen molar-refractivity contribution in [3.63, 3.8) is 0 Å². The van der Waals surface area contributed by atoms with Gasteiger partial charge in [-0.2, -0.15) is 0 Å². The van der Waals surface area contributed by atoms with Gasteiger partial charge in [0.25, 0.3) is 0 Å². The first-order valence-electron chi connectivity index (χ1n) is 8.03. The summed E-state index contributed by atoms with van der Waals surface area (Å²) >= 11 is 1.72. The Balaban J connectivity index is 1.74. The van der Waals surface area contributed by atoms with Gasteiger partial charge < -0.3 is 16.0 Å². The standard InChI is InChI=1S/C18H23N3O2S/c1-13(2)19-18(23)21-15-10-8-14(9-11-15)20-17(22)7-3-5-16-6-4-12-24-16/h4,6,8-13H,3,5,7H2,1-2H3,(H,20,22)(H2,19,21,23). The molecule has 5 nitrogen and oxygen atoms in total. The van der Waals surface area contributed by atoms with Gasteiger partial charge in [0, 0.05) is 28.7 Å². The molecule has 0 bridgehead atoms. The monoisotopic (exact) mass is 345 g/mol. The summed E-state index contributed by atoms with van der Waals surface area (Å²) in [6.07, 6.45) is 2.26. The van der Waals surface area contributed by atoms with Crippen molar-refractivity contribution in [1.29, 1.82) is 0 Å². The molecule has 0 spiro atoms.